The number of hydrogen-bond acceptors (Lipinski definition) is 1. The minimum absolute atomic E-state index is 0.226. The SMILES string of the molecule is C=CCCNCc1ccccc1C(F)(F)F. The maximum atomic E-state index is 12.6. The van der Waals surface area contributed by atoms with Crippen LogP contribution in [0.1, 0.15) is 17.5 Å². The van der Waals surface area contributed by atoms with Gasteiger partial charge >= 0.3 is 6.18 Å². The van der Waals surface area contributed by atoms with Gasteiger partial charge in [-0.1, -0.05) is 24.3 Å². The maximum Gasteiger partial charge on any atom is 0.416 e. The summed E-state index contributed by atoms with van der Waals surface area (Å²) in [4.78, 5) is 0. The molecule has 1 nitrogen and oxygen atoms in total. The molecule has 0 spiro atoms. The Bertz CT molecular complexity index is 344. The van der Waals surface area contributed by atoms with Gasteiger partial charge in [0.25, 0.3) is 0 Å². The Morgan fingerprint density at radius 3 is 2.56 bits per heavy atom. The molecule has 0 aliphatic heterocycles. The molecule has 0 heterocycles. The summed E-state index contributed by atoms with van der Waals surface area (Å²) >= 11 is 0. The summed E-state index contributed by atoms with van der Waals surface area (Å²) in [5.74, 6) is 0. The summed E-state index contributed by atoms with van der Waals surface area (Å²) < 4.78 is 37.7. The third-order valence-corrected chi connectivity index (χ3v) is 2.16. The van der Waals surface area contributed by atoms with Crippen molar-refractivity contribution >= 4 is 0 Å². The number of benzene rings is 1. The van der Waals surface area contributed by atoms with Gasteiger partial charge in [-0.25, -0.2) is 0 Å². The fraction of sp³-hybridized carbons (Fsp3) is 0.333. The molecule has 0 saturated heterocycles. The molecule has 16 heavy (non-hydrogen) atoms. The summed E-state index contributed by atoms with van der Waals surface area (Å²) in [5, 5.41) is 2.94. The second kappa shape index (κ2) is 5.70. The number of halogens is 3. The van der Waals surface area contributed by atoms with Crippen molar-refractivity contribution < 1.29 is 13.2 Å². The summed E-state index contributed by atoms with van der Waals surface area (Å²) in [6.07, 6.45) is -1.81. The molecule has 1 aromatic rings. The molecule has 0 saturated carbocycles. The molecule has 0 radical (unpaired) electrons. The normalized spacial score (nSPS) is 11.4. The summed E-state index contributed by atoms with van der Waals surface area (Å²) in [5.41, 5.74) is -0.292. The van der Waals surface area contributed by atoms with Crippen LogP contribution in [0.5, 0.6) is 0 Å². The van der Waals surface area contributed by atoms with Gasteiger partial charge in [0, 0.05) is 6.54 Å². The Kier molecular flexibility index (Phi) is 4.55. The van der Waals surface area contributed by atoms with E-state index in [1.54, 1.807) is 12.1 Å². The number of hydrogen-bond donors (Lipinski definition) is 1. The van der Waals surface area contributed by atoms with Crippen molar-refractivity contribution in [3.05, 3.63) is 48.0 Å². The lowest BCUT2D eigenvalue weighted by molar-refractivity contribution is -0.138. The predicted octanol–water partition coefficient (Wildman–Crippen LogP) is 3.37. The van der Waals surface area contributed by atoms with Gasteiger partial charge < -0.3 is 5.32 Å². The van der Waals surface area contributed by atoms with Gasteiger partial charge in [-0.15, -0.1) is 6.58 Å². The third-order valence-electron chi connectivity index (χ3n) is 2.16. The smallest absolute Gasteiger partial charge is 0.312 e. The third kappa shape index (κ3) is 3.70. The number of rotatable bonds is 5. The first-order valence-corrected chi connectivity index (χ1v) is 5.02. The van der Waals surface area contributed by atoms with Gasteiger partial charge in [0.15, 0.2) is 0 Å². The summed E-state index contributed by atoms with van der Waals surface area (Å²) in [7, 11) is 0. The Balaban J connectivity index is 2.68. The van der Waals surface area contributed by atoms with Crippen LogP contribution in [0.3, 0.4) is 0 Å². The van der Waals surface area contributed by atoms with Crippen LogP contribution in [-0.2, 0) is 12.7 Å². The zero-order valence-corrected chi connectivity index (χ0v) is 8.85. The fourth-order valence-electron chi connectivity index (χ4n) is 1.38. The second-order valence-electron chi connectivity index (χ2n) is 3.41. The average Bonchev–Trinajstić information content (AvgIpc) is 2.24. The lowest BCUT2D eigenvalue weighted by Crippen LogP contribution is -2.18. The van der Waals surface area contributed by atoms with Gasteiger partial charge in [-0.2, -0.15) is 13.2 Å². The van der Waals surface area contributed by atoms with Crippen LogP contribution in [0.15, 0.2) is 36.9 Å². The highest BCUT2D eigenvalue weighted by molar-refractivity contribution is 5.29. The minimum atomic E-state index is -4.28. The van der Waals surface area contributed by atoms with Crippen molar-refractivity contribution in [1.82, 2.24) is 5.32 Å². The molecule has 0 unspecified atom stereocenters. The molecule has 1 N–H and O–H groups in total. The van der Waals surface area contributed by atoms with Crippen LogP contribution < -0.4 is 5.32 Å². The molecule has 0 bridgehead atoms. The van der Waals surface area contributed by atoms with Gasteiger partial charge in [0.1, 0.15) is 0 Å². The summed E-state index contributed by atoms with van der Waals surface area (Å²) in [6, 6.07) is 5.60. The lowest BCUT2D eigenvalue weighted by Gasteiger charge is -2.12. The molecule has 0 aliphatic rings. The minimum Gasteiger partial charge on any atom is -0.312 e. The zero-order chi connectivity index (χ0) is 12.0. The quantitative estimate of drug-likeness (QED) is 0.603. The van der Waals surface area contributed by atoms with Crippen LogP contribution in [0.25, 0.3) is 0 Å². The van der Waals surface area contributed by atoms with Crippen LogP contribution in [0.2, 0.25) is 0 Å². The monoisotopic (exact) mass is 229 g/mol. The molecule has 4 heteroatoms. The van der Waals surface area contributed by atoms with E-state index in [1.165, 1.54) is 12.1 Å². The Hall–Kier alpha value is -1.29. The van der Waals surface area contributed by atoms with Crippen LogP contribution in [0.4, 0.5) is 13.2 Å². The predicted molar refractivity (Wildman–Crippen MR) is 58.0 cm³/mol. The van der Waals surface area contributed by atoms with Crippen molar-refractivity contribution in [2.24, 2.45) is 0 Å². The van der Waals surface area contributed by atoms with Crippen molar-refractivity contribution in [2.75, 3.05) is 6.54 Å². The molecule has 0 fully saturated rings. The molecule has 1 rings (SSSR count). The van der Waals surface area contributed by atoms with Gasteiger partial charge in [0.05, 0.1) is 5.56 Å². The molecular weight excluding hydrogens is 215 g/mol. The van der Waals surface area contributed by atoms with E-state index in [9.17, 15) is 13.2 Å². The van der Waals surface area contributed by atoms with E-state index in [0.29, 0.717) is 6.54 Å². The largest absolute Gasteiger partial charge is 0.416 e. The molecule has 0 amide bonds. The number of nitrogens with one attached hydrogen (secondary N) is 1. The maximum absolute atomic E-state index is 12.6. The van der Waals surface area contributed by atoms with Crippen molar-refractivity contribution in [2.45, 2.75) is 19.1 Å². The molecule has 0 atom stereocenters. The van der Waals surface area contributed by atoms with E-state index in [2.05, 4.69) is 11.9 Å². The van der Waals surface area contributed by atoms with Crippen molar-refractivity contribution in [1.29, 1.82) is 0 Å². The van der Waals surface area contributed by atoms with E-state index in [-0.39, 0.29) is 12.1 Å². The standard InChI is InChI=1S/C12H14F3N/c1-2-3-8-16-9-10-6-4-5-7-11(10)12(13,14)15/h2,4-7,16H,1,3,8-9H2. The topological polar surface area (TPSA) is 12.0 Å². The van der Waals surface area contributed by atoms with E-state index in [1.807, 2.05) is 0 Å². The fourth-order valence-corrected chi connectivity index (χ4v) is 1.38. The first-order chi connectivity index (χ1) is 7.55. The highest BCUT2D eigenvalue weighted by Crippen LogP contribution is 2.31. The zero-order valence-electron chi connectivity index (χ0n) is 8.85. The summed E-state index contributed by atoms with van der Waals surface area (Å²) in [6.45, 7) is 4.40. The Morgan fingerprint density at radius 2 is 1.94 bits per heavy atom. The van der Waals surface area contributed by atoms with E-state index in [0.717, 1.165) is 12.5 Å². The van der Waals surface area contributed by atoms with Crippen LogP contribution in [0, 0.1) is 0 Å². The Labute approximate surface area is 93.0 Å². The number of alkyl halides is 3. The van der Waals surface area contributed by atoms with Crippen LogP contribution >= 0.6 is 0 Å². The highest BCUT2D eigenvalue weighted by Gasteiger charge is 2.32. The van der Waals surface area contributed by atoms with Crippen molar-refractivity contribution in [3.8, 4) is 0 Å². The molecule has 0 aliphatic carbocycles. The first-order valence-electron chi connectivity index (χ1n) is 5.02. The molecule has 0 aromatic heterocycles. The van der Waals surface area contributed by atoms with Gasteiger partial charge in [0.2, 0.25) is 0 Å². The van der Waals surface area contributed by atoms with Crippen molar-refractivity contribution in [3.63, 3.8) is 0 Å². The lowest BCUT2D eigenvalue weighted by atomic mass is 10.1. The molecular formula is C12H14F3N. The van der Waals surface area contributed by atoms with Gasteiger partial charge in [-0.3, -0.25) is 0 Å². The van der Waals surface area contributed by atoms with Gasteiger partial charge in [-0.05, 0) is 24.6 Å². The van der Waals surface area contributed by atoms with E-state index >= 15 is 0 Å². The van der Waals surface area contributed by atoms with E-state index < -0.39 is 11.7 Å². The average molecular weight is 229 g/mol. The second-order valence-corrected chi connectivity index (χ2v) is 3.41. The first kappa shape index (κ1) is 12.8. The highest BCUT2D eigenvalue weighted by atomic mass is 19.4. The van der Waals surface area contributed by atoms with Crippen LogP contribution in [-0.4, -0.2) is 6.54 Å². The van der Waals surface area contributed by atoms with E-state index in [4.69, 9.17) is 0 Å². The molecule has 1 aromatic carbocycles. The molecule has 88 valence electrons. The Morgan fingerprint density at radius 1 is 1.25 bits per heavy atom.